The van der Waals surface area contributed by atoms with E-state index in [2.05, 4.69) is 15.6 Å². The zero-order valence-electron chi connectivity index (χ0n) is 16.0. The molecule has 0 bridgehead atoms. The van der Waals surface area contributed by atoms with E-state index in [-0.39, 0.29) is 49.6 Å². The molecule has 3 aliphatic carbocycles. The summed E-state index contributed by atoms with van der Waals surface area (Å²) in [6, 6.07) is 2.27. The minimum Gasteiger partial charge on any atom is -0.349 e. The van der Waals surface area contributed by atoms with E-state index in [0.29, 0.717) is 30.4 Å². The molecule has 0 spiro atoms. The van der Waals surface area contributed by atoms with Crippen molar-refractivity contribution in [1.29, 1.82) is 0 Å². The highest BCUT2D eigenvalue weighted by molar-refractivity contribution is 5.94. The lowest BCUT2D eigenvalue weighted by molar-refractivity contribution is -0.0399. The summed E-state index contributed by atoms with van der Waals surface area (Å²) in [5.41, 5.74) is 2.65. The highest BCUT2D eigenvalue weighted by Gasteiger charge is 2.40. The van der Waals surface area contributed by atoms with E-state index < -0.39 is 5.92 Å². The van der Waals surface area contributed by atoms with Gasteiger partial charge in [0, 0.05) is 42.7 Å². The van der Waals surface area contributed by atoms with Crippen molar-refractivity contribution in [1.82, 2.24) is 15.6 Å². The molecule has 2 N–H and O–H groups in total. The zero-order valence-corrected chi connectivity index (χ0v) is 17.7. The lowest BCUT2D eigenvalue weighted by atomic mass is 9.92. The molecule has 158 valence electrons. The minimum absolute atomic E-state index is 0. The van der Waals surface area contributed by atoms with Crippen LogP contribution in [0.5, 0.6) is 0 Å². The molecule has 0 radical (unpaired) electrons. The number of pyridine rings is 1. The summed E-state index contributed by atoms with van der Waals surface area (Å²) in [6.45, 7) is 3.08. The summed E-state index contributed by atoms with van der Waals surface area (Å²) in [7, 11) is 0. The molecule has 1 amide bonds. The fourth-order valence-electron chi connectivity index (χ4n) is 3.91. The zero-order chi connectivity index (χ0) is 18.3. The third kappa shape index (κ3) is 5.77. The van der Waals surface area contributed by atoms with E-state index in [1.165, 1.54) is 12.8 Å². The number of aromatic nitrogens is 1. The number of nitrogens with one attached hydrogen (secondary N) is 2. The van der Waals surface area contributed by atoms with Gasteiger partial charge in [-0.05, 0) is 63.1 Å². The van der Waals surface area contributed by atoms with Crippen LogP contribution in [0.3, 0.4) is 0 Å². The average Bonchev–Trinajstić information content (AvgIpc) is 3.50. The maximum absolute atomic E-state index is 13.3. The van der Waals surface area contributed by atoms with Crippen molar-refractivity contribution in [3.05, 3.63) is 29.1 Å². The molecule has 8 heteroatoms. The second-order valence-electron chi connectivity index (χ2n) is 8.30. The summed E-state index contributed by atoms with van der Waals surface area (Å²) in [6.07, 6.45) is 5.75. The molecule has 3 saturated carbocycles. The van der Waals surface area contributed by atoms with Gasteiger partial charge in [0.1, 0.15) is 0 Å². The van der Waals surface area contributed by atoms with Gasteiger partial charge in [-0.2, -0.15) is 0 Å². The summed E-state index contributed by atoms with van der Waals surface area (Å²) in [5, 5.41) is 6.53. The number of carbonyl (C=O) groups is 1. The Labute approximate surface area is 177 Å². The quantitative estimate of drug-likeness (QED) is 0.695. The van der Waals surface area contributed by atoms with E-state index in [4.69, 9.17) is 0 Å². The molecule has 0 aromatic carbocycles. The van der Waals surface area contributed by atoms with Gasteiger partial charge in [-0.15, -0.1) is 24.8 Å². The van der Waals surface area contributed by atoms with Gasteiger partial charge >= 0.3 is 0 Å². The first-order chi connectivity index (χ1) is 12.4. The van der Waals surface area contributed by atoms with Crippen molar-refractivity contribution in [2.45, 2.75) is 75.8 Å². The van der Waals surface area contributed by atoms with Gasteiger partial charge < -0.3 is 10.6 Å². The standard InChI is InChI=1S/C20H27F2N3O.2ClH/c1-12-16(17-9-18(17)24-10-13-2-3-13)8-14(11-23-12)19(26)25-15-4-6-20(21,22)7-5-15;;/h8,11,13,15,17-18,24H,2-7,9-10H2,1H3,(H,25,26);2*1H/t17-,18+;;/m0../s1. The second kappa shape index (κ2) is 9.23. The summed E-state index contributed by atoms with van der Waals surface area (Å²) in [5.74, 6) is -1.48. The van der Waals surface area contributed by atoms with Gasteiger partial charge in [-0.25, -0.2) is 8.78 Å². The highest BCUT2D eigenvalue weighted by atomic mass is 35.5. The fourth-order valence-corrected chi connectivity index (χ4v) is 3.91. The average molecular weight is 436 g/mol. The molecule has 0 unspecified atom stereocenters. The molecule has 0 saturated heterocycles. The number of hydrogen-bond acceptors (Lipinski definition) is 3. The third-order valence-electron chi connectivity index (χ3n) is 6.00. The van der Waals surface area contributed by atoms with Crippen molar-refractivity contribution < 1.29 is 13.6 Å². The lowest BCUT2D eigenvalue weighted by Gasteiger charge is -2.28. The first-order valence-electron chi connectivity index (χ1n) is 9.80. The Hall–Kier alpha value is -0.980. The molecule has 3 fully saturated rings. The smallest absolute Gasteiger partial charge is 0.253 e. The van der Waals surface area contributed by atoms with Crippen LogP contribution < -0.4 is 10.6 Å². The van der Waals surface area contributed by atoms with Gasteiger partial charge in [-0.3, -0.25) is 9.78 Å². The van der Waals surface area contributed by atoms with E-state index in [1.807, 2.05) is 13.0 Å². The maximum Gasteiger partial charge on any atom is 0.253 e. The van der Waals surface area contributed by atoms with Gasteiger partial charge in [0.25, 0.3) is 5.91 Å². The Morgan fingerprint density at radius 2 is 1.89 bits per heavy atom. The largest absolute Gasteiger partial charge is 0.349 e. The van der Waals surface area contributed by atoms with Crippen molar-refractivity contribution in [2.24, 2.45) is 5.92 Å². The molecule has 1 aromatic rings. The predicted molar refractivity (Wildman–Crippen MR) is 110 cm³/mol. The monoisotopic (exact) mass is 435 g/mol. The first-order valence-corrected chi connectivity index (χ1v) is 9.80. The van der Waals surface area contributed by atoms with Gasteiger partial charge in [0.2, 0.25) is 5.92 Å². The van der Waals surface area contributed by atoms with Crippen LogP contribution >= 0.6 is 24.8 Å². The summed E-state index contributed by atoms with van der Waals surface area (Å²) >= 11 is 0. The van der Waals surface area contributed by atoms with Crippen molar-refractivity contribution in [2.75, 3.05) is 6.54 Å². The number of alkyl halides is 2. The molecular formula is C20H29Cl2F2N3O. The van der Waals surface area contributed by atoms with E-state index >= 15 is 0 Å². The Morgan fingerprint density at radius 1 is 1.21 bits per heavy atom. The van der Waals surface area contributed by atoms with Crippen LogP contribution in [0.2, 0.25) is 0 Å². The Bertz CT molecular complexity index is 690. The molecular weight excluding hydrogens is 407 g/mol. The van der Waals surface area contributed by atoms with Crippen LogP contribution in [0, 0.1) is 12.8 Å². The normalized spacial score (nSPS) is 26.0. The van der Waals surface area contributed by atoms with E-state index in [9.17, 15) is 13.6 Å². The Balaban J connectivity index is 0.00000140. The van der Waals surface area contributed by atoms with Crippen LogP contribution in [0.25, 0.3) is 0 Å². The molecule has 28 heavy (non-hydrogen) atoms. The third-order valence-corrected chi connectivity index (χ3v) is 6.00. The number of halogens is 4. The van der Waals surface area contributed by atoms with Gasteiger partial charge in [0.05, 0.1) is 5.56 Å². The lowest BCUT2D eigenvalue weighted by Crippen LogP contribution is -2.40. The molecule has 1 aromatic heterocycles. The number of rotatable bonds is 6. The molecule has 4 rings (SSSR count). The molecule has 4 nitrogen and oxygen atoms in total. The van der Waals surface area contributed by atoms with Gasteiger partial charge in [-0.1, -0.05) is 0 Å². The fraction of sp³-hybridized carbons (Fsp3) is 0.700. The topological polar surface area (TPSA) is 54.0 Å². The summed E-state index contributed by atoms with van der Waals surface area (Å²) < 4.78 is 26.5. The molecule has 3 aliphatic rings. The maximum atomic E-state index is 13.3. The van der Waals surface area contributed by atoms with Crippen molar-refractivity contribution in [3.63, 3.8) is 0 Å². The molecule has 0 aliphatic heterocycles. The van der Waals surface area contributed by atoms with Crippen molar-refractivity contribution in [3.8, 4) is 0 Å². The van der Waals surface area contributed by atoms with Crippen LogP contribution in [0.4, 0.5) is 8.78 Å². The number of hydrogen-bond donors (Lipinski definition) is 2. The summed E-state index contributed by atoms with van der Waals surface area (Å²) in [4.78, 5) is 16.9. The van der Waals surface area contributed by atoms with Crippen LogP contribution in [-0.2, 0) is 0 Å². The van der Waals surface area contributed by atoms with Gasteiger partial charge in [0.15, 0.2) is 0 Å². The second-order valence-corrected chi connectivity index (χ2v) is 8.30. The van der Waals surface area contributed by atoms with Crippen molar-refractivity contribution >= 4 is 30.7 Å². The number of aryl methyl sites for hydroxylation is 1. The number of nitrogens with zero attached hydrogens (tertiary/aromatic N) is 1. The SMILES string of the molecule is Cc1ncc(C(=O)NC2CCC(F)(F)CC2)cc1[C@@H]1C[C@H]1NCC1CC1.Cl.Cl. The van der Waals surface area contributed by atoms with Crippen LogP contribution in [0.1, 0.15) is 72.5 Å². The van der Waals surface area contributed by atoms with E-state index in [0.717, 1.165) is 30.1 Å². The Kier molecular flexibility index (Phi) is 7.68. The molecule has 2 atom stereocenters. The van der Waals surface area contributed by atoms with E-state index in [1.54, 1.807) is 6.20 Å². The Morgan fingerprint density at radius 3 is 2.54 bits per heavy atom. The first kappa shape index (κ1) is 23.3. The molecule has 1 heterocycles. The highest BCUT2D eigenvalue weighted by Crippen LogP contribution is 2.43. The number of carbonyl (C=O) groups excluding carboxylic acids is 1. The van der Waals surface area contributed by atoms with Crippen LogP contribution in [-0.4, -0.2) is 35.4 Å². The number of amides is 1. The minimum atomic E-state index is -2.58. The predicted octanol–water partition coefficient (Wildman–Crippen LogP) is 4.40. The van der Waals surface area contributed by atoms with Crippen LogP contribution in [0.15, 0.2) is 12.3 Å².